The van der Waals surface area contributed by atoms with E-state index in [2.05, 4.69) is 4.98 Å². The van der Waals surface area contributed by atoms with Gasteiger partial charge < -0.3 is 4.57 Å². The normalized spacial score (nSPS) is 10.4. The molecule has 0 unspecified atom stereocenters. The minimum atomic E-state index is 0.490. The second kappa shape index (κ2) is 4.49. The van der Waals surface area contributed by atoms with Crippen LogP contribution in [-0.4, -0.2) is 9.55 Å². The molecule has 2 rings (SSSR count). The number of hydrogen-bond acceptors (Lipinski definition) is 2. The molecule has 0 bridgehead atoms. The lowest BCUT2D eigenvalue weighted by atomic mass is 10.2. The lowest BCUT2D eigenvalue weighted by Gasteiger charge is -2.07. The highest BCUT2D eigenvalue weighted by atomic mass is 35.5. The summed E-state index contributed by atoms with van der Waals surface area (Å²) in [6, 6.07) is 7.50. The lowest BCUT2D eigenvalue weighted by molar-refractivity contribution is 0.726. The Labute approximate surface area is 98.9 Å². The number of nitrogens with zero attached hydrogens (tertiary/aromatic N) is 2. The van der Waals surface area contributed by atoms with Crippen molar-refractivity contribution in [3.8, 4) is 0 Å². The third-order valence-corrected chi connectivity index (χ3v) is 2.56. The van der Waals surface area contributed by atoms with E-state index in [9.17, 15) is 0 Å². The molecule has 0 saturated carbocycles. The number of rotatable bonds is 2. The second-order valence-electron chi connectivity index (χ2n) is 3.71. The van der Waals surface area contributed by atoms with Crippen molar-refractivity contribution in [3.63, 3.8) is 0 Å². The maximum atomic E-state index is 7.82. The van der Waals surface area contributed by atoms with Gasteiger partial charge in [0.15, 0.2) is 0 Å². The number of nitrogens with one attached hydrogen (secondary N) is 1. The Morgan fingerprint density at radius 2 is 2.19 bits per heavy atom. The summed E-state index contributed by atoms with van der Waals surface area (Å²) in [7, 11) is 0. The number of halogens is 1. The van der Waals surface area contributed by atoms with Crippen molar-refractivity contribution >= 4 is 11.6 Å². The van der Waals surface area contributed by atoms with Gasteiger partial charge in [0.1, 0.15) is 10.6 Å². The van der Waals surface area contributed by atoms with Crippen LogP contribution in [0.3, 0.4) is 0 Å². The molecule has 1 N–H and O–H groups in total. The van der Waals surface area contributed by atoms with E-state index in [4.69, 9.17) is 17.0 Å². The van der Waals surface area contributed by atoms with Crippen LogP contribution in [0.2, 0.25) is 5.15 Å². The fourth-order valence-corrected chi connectivity index (χ4v) is 1.58. The van der Waals surface area contributed by atoms with Gasteiger partial charge in [-0.15, -0.1) is 0 Å². The van der Waals surface area contributed by atoms with Crippen molar-refractivity contribution < 1.29 is 0 Å². The standard InChI is InChI=1S/C12H12ClN3/c1-9-4-5-16(12(14)6-9)8-10-2-3-11(13)15-7-10/h2-7,14H,8H2,1H3. The van der Waals surface area contributed by atoms with Crippen LogP contribution in [0.4, 0.5) is 0 Å². The third kappa shape index (κ3) is 2.49. The predicted molar refractivity (Wildman–Crippen MR) is 63.4 cm³/mol. The maximum absolute atomic E-state index is 7.82. The molecular formula is C12H12ClN3. The fraction of sp³-hybridized carbons (Fsp3) is 0.167. The Hall–Kier alpha value is -1.61. The molecule has 82 valence electrons. The summed E-state index contributed by atoms with van der Waals surface area (Å²) in [4.78, 5) is 4.01. The van der Waals surface area contributed by atoms with Crippen molar-refractivity contribution in [1.82, 2.24) is 9.55 Å². The first-order valence-corrected chi connectivity index (χ1v) is 5.35. The Bertz CT molecular complexity index is 543. The van der Waals surface area contributed by atoms with Crippen LogP contribution >= 0.6 is 11.6 Å². The largest absolute Gasteiger partial charge is 0.329 e. The van der Waals surface area contributed by atoms with E-state index in [1.807, 2.05) is 35.9 Å². The van der Waals surface area contributed by atoms with Gasteiger partial charge in [-0.2, -0.15) is 0 Å². The molecule has 4 heteroatoms. The van der Waals surface area contributed by atoms with Crippen molar-refractivity contribution in [1.29, 1.82) is 5.41 Å². The highest BCUT2D eigenvalue weighted by molar-refractivity contribution is 6.29. The molecule has 0 fully saturated rings. The Morgan fingerprint density at radius 3 is 2.81 bits per heavy atom. The zero-order valence-electron chi connectivity index (χ0n) is 8.94. The van der Waals surface area contributed by atoms with Gasteiger partial charge in [0.2, 0.25) is 0 Å². The topological polar surface area (TPSA) is 41.7 Å². The summed E-state index contributed by atoms with van der Waals surface area (Å²) in [6.07, 6.45) is 3.64. The first kappa shape index (κ1) is 10.9. The van der Waals surface area contributed by atoms with Gasteiger partial charge in [0.05, 0.1) is 6.54 Å². The Kier molecular flexibility index (Phi) is 3.06. The number of hydrogen-bond donors (Lipinski definition) is 1. The van der Waals surface area contributed by atoms with E-state index in [0.29, 0.717) is 17.2 Å². The lowest BCUT2D eigenvalue weighted by Crippen LogP contribution is -2.19. The van der Waals surface area contributed by atoms with Crippen LogP contribution in [0.25, 0.3) is 0 Å². The molecule has 0 aliphatic heterocycles. The molecule has 3 nitrogen and oxygen atoms in total. The second-order valence-corrected chi connectivity index (χ2v) is 4.09. The van der Waals surface area contributed by atoms with Crippen LogP contribution in [0.15, 0.2) is 36.7 Å². The van der Waals surface area contributed by atoms with Gasteiger partial charge in [0.25, 0.3) is 0 Å². The summed E-state index contributed by atoms with van der Waals surface area (Å²) in [5.41, 5.74) is 2.62. The first-order chi connectivity index (χ1) is 7.65. The molecular weight excluding hydrogens is 222 g/mol. The Morgan fingerprint density at radius 1 is 1.38 bits per heavy atom. The summed E-state index contributed by atoms with van der Waals surface area (Å²) >= 11 is 5.71. The molecule has 0 amide bonds. The quantitative estimate of drug-likeness (QED) is 0.795. The van der Waals surface area contributed by atoms with Crippen molar-refractivity contribution in [2.45, 2.75) is 13.5 Å². The van der Waals surface area contributed by atoms with Crippen LogP contribution in [-0.2, 0) is 6.54 Å². The van der Waals surface area contributed by atoms with E-state index < -0.39 is 0 Å². The smallest absolute Gasteiger partial charge is 0.129 e. The van der Waals surface area contributed by atoms with E-state index in [1.165, 1.54) is 0 Å². The van der Waals surface area contributed by atoms with E-state index >= 15 is 0 Å². The van der Waals surface area contributed by atoms with E-state index in [1.54, 1.807) is 12.3 Å². The van der Waals surface area contributed by atoms with Crippen molar-refractivity contribution in [3.05, 3.63) is 58.4 Å². The predicted octanol–water partition coefficient (Wildman–Crippen LogP) is 2.37. The average Bonchev–Trinajstić information content (AvgIpc) is 2.25. The zero-order valence-corrected chi connectivity index (χ0v) is 9.70. The maximum Gasteiger partial charge on any atom is 0.129 e. The summed E-state index contributed by atoms with van der Waals surface area (Å²) in [5.74, 6) is 0. The van der Waals surface area contributed by atoms with Gasteiger partial charge in [-0.3, -0.25) is 5.41 Å². The average molecular weight is 234 g/mol. The minimum absolute atomic E-state index is 0.490. The number of aryl methyl sites for hydroxylation is 1. The van der Waals surface area contributed by atoms with Crippen LogP contribution < -0.4 is 5.49 Å². The zero-order chi connectivity index (χ0) is 11.5. The molecule has 0 aliphatic carbocycles. The molecule has 2 aromatic rings. The first-order valence-electron chi connectivity index (χ1n) is 4.97. The SMILES string of the molecule is Cc1ccn(Cc2ccc(Cl)nc2)c(=N)c1. The third-order valence-electron chi connectivity index (χ3n) is 2.33. The molecule has 2 aromatic heterocycles. The highest BCUT2D eigenvalue weighted by Gasteiger charge is 1.97. The highest BCUT2D eigenvalue weighted by Crippen LogP contribution is 2.06. The van der Waals surface area contributed by atoms with Gasteiger partial charge in [-0.25, -0.2) is 4.98 Å². The summed E-state index contributed by atoms with van der Waals surface area (Å²) < 4.78 is 1.86. The van der Waals surface area contributed by atoms with E-state index in [0.717, 1.165) is 11.1 Å². The van der Waals surface area contributed by atoms with Gasteiger partial charge >= 0.3 is 0 Å². The fourth-order valence-electron chi connectivity index (χ4n) is 1.47. The molecule has 0 saturated heterocycles. The molecule has 16 heavy (non-hydrogen) atoms. The number of aromatic nitrogens is 2. The van der Waals surface area contributed by atoms with Gasteiger partial charge in [-0.05, 0) is 36.2 Å². The van der Waals surface area contributed by atoms with Crippen LogP contribution in [0.1, 0.15) is 11.1 Å². The molecule has 0 atom stereocenters. The summed E-state index contributed by atoms with van der Waals surface area (Å²) in [6.45, 7) is 2.62. The minimum Gasteiger partial charge on any atom is -0.329 e. The van der Waals surface area contributed by atoms with Crippen LogP contribution in [0, 0.1) is 12.3 Å². The molecule has 0 radical (unpaired) electrons. The molecule has 2 heterocycles. The van der Waals surface area contributed by atoms with Crippen molar-refractivity contribution in [2.24, 2.45) is 0 Å². The van der Waals surface area contributed by atoms with Crippen LogP contribution in [0.5, 0.6) is 0 Å². The molecule has 0 aliphatic rings. The molecule has 0 aromatic carbocycles. The van der Waals surface area contributed by atoms with E-state index in [-0.39, 0.29) is 0 Å². The number of pyridine rings is 2. The summed E-state index contributed by atoms with van der Waals surface area (Å²) in [5, 5.41) is 8.31. The Balaban J connectivity index is 2.27. The van der Waals surface area contributed by atoms with Gasteiger partial charge in [0, 0.05) is 12.4 Å². The van der Waals surface area contributed by atoms with Crippen molar-refractivity contribution in [2.75, 3.05) is 0 Å². The van der Waals surface area contributed by atoms with Gasteiger partial charge in [-0.1, -0.05) is 17.7 Å². The molecule has 0 spiro atoms. The monoisotopic (exact) mass is 233 g/mol.